The number of methoxy groups -OCH3 is 1. The summed E-state index contributed by atoms with van der Waals surface area (Å²) in [5.41, 5.74) is 0.916. The van der Waals surface area contributed by atoms with Gasteiger partial charge in [0.2, 0.25) is 0 Å². The van der Waals surface area contributed by atoms with Crippen LogP contribution in [0, 0.1) is 0 Å². The molecule has 0 spiro atoms. The van der Waals surface area contributed by atoms with Gasteiger partial charge in [-0.3, -0.25) is 4.98 Å². The van der Waals surface area contributed by atoms with Crippen LogP contribution in [0.5, 0.6) is 11.5 Å². The third-order valence-electron chi connectivity index (χ3n) is 5.76. The summed E-state index contributed by atoms with van der Waals surface area (Å²) in [5, 5.41) is 22.6. The predicted molar refractivity (Wildman–Crippen MR) is 116 cm³/mol. The molecule has 6 heteroatoms. The number of likely N-dealkylation sites (tertiary alicyclic amines) is 1. The first kappa shape index (κ1) is 20.6. The highest BCUT2D eigenvalue weighted by Crippen LogP contribution is 2.33. The molecule has 0 aliphatic carbocycles. The van der Waals surface area contributed by atoms with E-state index in [0.29, 0.717) is 38.2 Å². The number of ether oxygens (including phenoxy) is 2. The minimum atomic E-state index is -0.879. The van der Waals surface area contributed by atoms with E-state index in [0.717, 1.165) is 22.2 Å². The van der Waals surface area contributed by atoms with Crippen LogP contribution in [0.2, 0.25) is 0 Å². The van der Waals surface area contributed by atoms with E-state index in [1.807, 2.05) is 48.5 Å². The third-order valence-corrected chi connectivity index (χ3v) is 5.76. The van der Waals surface area contributed by atoms with Gasteiger partial charge in [0.1, 0.15) is 24.2 Å². The van der Waals surface area contributed by atoms with E-state index in [4.69, 9.17) is 9.47 Å². The molecule has 6 nitrogen and oxygen atoms in total. The van der Waals surface area contributed by atoms with Crippen LogP contribution in [-0.4, -0.2) is 59.6 Å². The molecule has 3 aromatic rings. The predicted octanol–water partition coefficient (Wildman–Crippen LogP) is 2.97. The molecule has 4 rings (SSSR count). The molecule has 1 aliphatic heterocycles. The fourth-order valence-electron chi connectivity index (χ4n) is 3.95. The number of para-hydroxylation sites is 1. The Labute approximate surface area is 176 Å². The van der Waals surface area contributed by atoms with E-state index >= 15 is 0 Å². The number of hydrogen-bond donors (Lipinski definition) is 2. The van der Waals surface area contributed by atoms with Gasteiger partial charge in [-0.1, -0.05) is 24.3 Å². The average molecular weight is 408 g/mol. The summed E-state index contributed by atoms with van der Waals surface area (Å²) < 4.78 is 10.9. The average Bonchev–Trinajstić information content (AvgIpc) is 2.79. The van der Waals surface area contributed by atoms with Gasteiger partial charge in [-0.2, -0.15) is 0 Å². The number of aliphatic hydroxyl groups excluding tert-OH is 1. The first-order valence-corrected chi connectivity index (χ1v) is 10.3. The fourth-order valence-corrected chi connectivity index (χ4v) is 3.95. The number of pyridine rings is 1. The Morgan fingerprint density at radius 1 is 1.07 bits per heavy atom. The molecular formula is C24H28N2O4. The van der Waals surface area contributed by atoms with Gasteiger partial charge in [0.25, 0.3) is 0 Å². The van der Waals surface area contributed by atoms with E-state index < -0.39 is 11.7 Å². The summed E-state index contributed by atoms with van der Waals surface area (Å²) >= 11 is 0. The van der Waals surface area contributed by atoms with Crippen LogP contribution >= 0.6 is 0 Å². The zero-order chi connectivity index (χ0) is 21.0. The van der Waals surface area contributed by atoms with Crippen LogP contribution in [0.4, 0.5) is 0 Å². The van der Waals surface area contributed by atoms with E-state index in [1.54, 1.807) is 19.4 Å². The SMILES string of the molecule is COc1cccc(OC[C@@H](O)CN2CCC(O)(c3cnc4ccccc4c3)CC2)c1. The lowest BCUT2D eigenvalue weighted by atomic mass is 9.84. The van der Waals surface area contributed by atoms with Gasteiger partial charge in [0.05, 0.1) is 18.2 Å². The molecular weight excluding hydrogens is 380 g/mol. The van der Waals surface area contributed by atoms with Crippen LogP contribution in [0.3, 0.4) is 0 Å². The number of aliphatic hydroxyl groups is 2. The van der Waals surface area contributed by atoms with Crippen molar-refractivity contribution in [2.45, 2.75) is 24.5 Å². The molecule has 1 saturated heterocycles. The lowest BCUT2D eigenvalue weighted by Crippen LogP contribution is -2.46. The summed E-state index contributed by atoms with van der Waals surface area (Å²) in [6.07, 6.45) is 2.40. The highest BCUT2D eigenvalue weighted by molar-refractivity contribution is 5.78. The van der Waals surface area contributed by atoms with Crippen molar-refractivity contribution in [3.63, 3.8) is 0 Å². The Hall–Kier alpha value is -2.67. The van der Waals surface area contributed by atoms with E-state index in [-0.39, 0.29) is 6.61 Å². The standard InChI is InChI=1S/C24H28N2O4/c1-29-21-6-4-7-22(14-21)30-17-20(27)16-26-11-9-24(28,10-12-26)19-13-18-5-2-3-8-23(18)25-15-19/h2-8,13-15,20,27-28H,9-12,16-17H2,1H3/t20-/m0/s1. The molecule has 0 radical (unpaired) electrons. The van der Waals surface area contributed by atoms with Gasteiger partial charge in [0, 0.05) is 42.8 Å². The Morgan fingerprint density at radius 2 is 1.83 bits per heavy atom. The van der Waals surface area contributed by atoms with Gasteiger partial charge in [0.15, 0.2) is 0 Å². The lowest BCUT2D eigenvalue weighted by Gasteiger charge is -2.39. The number of nitrogens with zero attached hydrogens (tertiary/aromatic N) is 2. The Morgan fingerprint density at radius 3 is 2.63 bits per heavy atom. The molecule has 1 atom stereocenters. The Balaban J connectivity index is 1.30. The maximum absolute atomic E-state index is 11.2. The van der Waals surface area contributed by atoms with Crippen molar-refractivity contribution in [3.8, 4) is 11.5 Å². The van der Waals surface area contributed by atoms with Crippen LogP contribution in [-0.2, 0) is 5.60 Å². The summed E-state index contributed by atoms with van der Waals surface area (Å²) in [5.74, 6) is 1.39. The summed E-state index contributed by atoms with van der Waals surface area (Å²) in [6, 6.07) is 17.3. The maximum Gasteiger partial charge on any atom is 0.123 e. The summed E-state index contributed by atoms with van der Waals surface area (Å²) in [6.45, 7) is 2.14. The minimum absolute atomic E-state index is 0.211. The van der Waals surface area contributed by atoms with Crippen LogP contribution < -0.4 is 9.47 Å². The lowest BCUT2D eigenvalue weighted by molar-refractivity contribution is -0.0373. The molecule has 0 amide bonds. The van der Waals surface area contributed by atoms with Gasteiger partial charge < -0.3 is 24.6 Å². The van der Waals surface area contributed by atoms with Crippen molar-refractivity contribution >= 4 is 10.9 Å². The van der Waals surface area contributed by atoms with Gasteiger partial charge in [-0.15, -0.1) is 0 Å². The third kappa shape index (κ3) is 4.73. The number of rotatable bonds is 7. The van der Waals surface area contributed by atoms with Crippen molar-refractivity contribution < 1.29 is 19.7 Å². The molecule has 2 aromatic carbocycles. The zero-order valence-electron chi connectivity index (χ0n) is 17.2. The van der Waals surface area contributed by atoms with Gasteiger partial charge in [-0.05, 0) is 37.1 Å². The maximum atomic E-state index is 11.2. The number of fused-ring (bicyclic) bond motifs is 1. The molecule has 2 N–H and O–H groups in total. The topological polar surface area (TPSA) is 75.0 Å². The molecule has 30 heavy (non-hydrogen) atoms. The molecule has 2 heterocycles. The molecule has 0 saturated carbocycles. The Bertz CT molecular complexity index is 986. The molecule has 0 unspecified atom stereocenters. The molecule has 158 valence electrons. The quantitative estimate of drug-likeness (QED) is 0.626. The first-order chi connectivity index (χ1) is 14.6. The molecule has 1 aliphatic rings. The highest BCUT2D eigenvalue weighted by Gasteiger charge is 2.34. The normalized spacial score (nSPS) is 17.6. The first-order valence-electron chi connectivity index (χ1n) is 10.3. The highest BCUT2D eigenvalue weighted by atomic mass is 16.5. The minimum Gasteiger partial charge on any atom is -0.497 e. The van der Waals surface area contributed by atoms with E-state index in [2.05, 4.69) is 9.88 Å². The van der Waals surface area contributed by atoms with Crippen LogP contribution in [0.15, 0.2) is 60.8 Å². The number of β-amino-alcohol motifs (C(OH)–C–C–N with tert-alkyl or cyclic N) is 1. The second-order valence-corrected chi connectivity index (χ2v) is 7.89. The number of hydrogen-bond acceptors (Lipinski definition) is 6. The monoisotopic (exact) mass is 408 g/mol. The van der Waals surface area contributed by atoms with E-state index in [1.165, 1.54) is 0 Å². The van der Waals surface area contributed by atoms with Crippen molar-refractivity contribution in [1.29, 1.82) is 0 Å². The number of aromatic nitrogens is 1. The van der Waals surface area contributed by atoms with Gasteiger partial charge >= 0.3 is 0 Å². The Kier molecular flexibility index (Phi) is 6.18. The van der Waals surface area contributed by atoms with Crippen molar-refractivity contribution in [3.05, 3.63) is 66.4 Å². The van der Waals surface area contributed by atoms with Crippen molar-refractivity contribution in [2.24, 2.45) is 0 Å². The van der Waals surface area contributed by atoms with E-state index in [9.17, 15) is 10.2 Å². The number of benzene rings is 2. The second-order valence-electron chi connectivity index (χ2n) is 7.89. The molecule has 0 bridgehead atoms. The zero-order valence-corrected chi connectivity index (χ0v) is 17.2. The van der Waals surface area contributed by atoms with Crippen LogP contribution in [0.1, 0.15) is 18.4 Å². The van der Waals surface area contributed by atoms with Gasteiger partial charge in [-0.25, -0.2) is 0 Å². The fraction of sp³-hybridized carbons (Fsp3) is 0.375. The summed E-state index contributed by atoms with van der Waals surface area (Å²) in [7, 11) is 1.61. The molecule has 1 fully saturated rings. The smallest absolute Gasteiger partial charge is 0.123 e. The van der Waals surface area contributed by atoms with Crippen LogP contribution in [0.25, 0.3) is 10.9 Å². The van der Waals surface area contributed by atoms with Crippen molar-refractivity contribution in [2.75, 3.05) is 33.4 Å². The second kappa shape index (κ2) is 9.00. The summed E-state index contributed by atoms with van der Waals surface area (Å²) in [4.78, 5) is 6.66. The van der Waals surface area contributed by atoms with Crippen molar-refractivity contribution in [1.82, 2.24) is 9.88 Å². The number of piperidine rings is 1. The largest absolute Gasteiger partial charge is 0.497 e. The molecule has 1 aromatic heterocycles.